The maximum Gasteiger partial charge on any atom is 0.0795 e. The molecule has 40 heavy (non-hydrogen) atoms. The van der Waals surface area contributed by atoms with Crippen LogP contribution in [-0.2, 0) is 0 Å². The second kappa shape index (κ2) is 10.4. The van der Waals surface area contributed by atoms with Crippen molar-refractivity contribution in [1.29, 1.82) is 0 Å². The maximum atomic E-state index is 5.51. The highest BCUT2D eigenvalue weighted by molar-refractivity contribution is 6.18. The van der Waals surface area contributed by atoms with Crippen molar-refractivity contribution in [3.8, 4) is 56.0 Å². The number of nitrogens with zero attached hydrogens (tertiary/aromatic N) is 2. The van der Waals surface area contributed by atoms with Crippen molar-refractivity contribution in [2.75, 3.05) is 0 Å². The molecule has 7 aromatic rings. The van der Waals surface area contributed by atoms with Crippen LogP contribution in [0.2, 0.25) is 0 Å². The normalized spacial score (nSPS) is 11.0. The number of aromatic nitrogens is 2. The van der Waals surface area contributed by atoms with E-state index in [1.54, 1.807) is 0 Å². The number of hydrogen-bond acceptors (Lipinski definition) is 2. The number of rotatable bonds is 5. The third-order valence-corrected chi connectivity index (χ3v) is 7.32. The fraction of sp³-hybridized carbons (Fsp3) is 0. The molecule has 0 aliphatic heterocycles. The van der Waals surface area contributed by atoms with Gasteiger partial charge in [0.05, 0.1) is 17.1 Å². The van der Waals surface area contributed by atoms with Crippen LogP contribution in [0.3, 0.4) is 0 Å². The van der Waals surface area contributed by atoms with Crippen LogP contribution in [0.1, 0.15) is 0 Å². The van der Waals surface area contributed by atoms with E-state index in [9.17, 15) is 0 Å². The Bertz CT molecular complexity index is 1900. The average Bonchev–Trinajstić information content (AvgIpc) is 3.05. The van der Waals surface area contributed by atoms with E-state index < -0.39 is 0 Å². The Morgan fingerprint density at radius 1 is 0.325 bits per heavy atom. The summed E-state index contributed by atoms with van der Waals surface area (Å²) in [6.07, 6.45) is 2.02. The lowest BCUT2D eigenvalue weighted by molar-refractivity contribution is 1.32. The third-order valence-electron chi connectivity index (χ3n) is 7.32. The van der Waals surface area contributed by atoms with Crippen molar-refractivity contribution in [3.05, 3.63) is 158 Å². The van der Waals surface area contributed by atoms with Gasteiger partial charge in [-0.3, -0.25) is 4.98 Å². The first-order valence-corrected chi connectivity index (χ1v) is 13.5. The van der Waals surface area contributed by atoms with Gasteiger partial charge in [0.15, 0.2) is 0 Å². The number of hydrogen-bond donors (Lipinski definition) is 0. The zero-order valence-electron chi connectivity index (χ0n) is 21.9. The Balaban J connectivity index is 1.75. The van der Waals surface area contributed by atoms with Crippen molar-refractivity contribution in [2.45, 2.75) is 0 Å². The number of pyridine rings is 2. The van der Waals surface area contributed by atoms with Crippen molar-refractivity contribution >= 4 is 10.8 Å². The SMILES string of the molecule is c1ccc(-c2nc(-c3ccccc3)c3c(-c4ccccc4)cnc(-c4ccccc4)c3c2-c2ccccc2)cc1. The Kier molecular flexibility index (Phi) is 6.20. The van der Waals surface area contributed by atoms with Gasteiger partial charge in [-0.25, -0.2) is 4.98 Å². The highest BCUT2D eigenvalue weighted by atomic mass is 14.8. The van der Waals surface area contributed by atoms with Gasteiger partial charge in [0, 0.05) is 44.8 Å². The zero-order chi connectivity index (χ0) is 26.7. The highest BCUT2D eigenvalue weighted by Crippen LogP contribution is 2.47. The molecule has 2 heteroatoms. The number of fused-ring (bicyclic) bond motifs is 1. The third kappa shape index (κ3) is 4.26. The van der Waals surface area contributed by atoms with E-state index in [0.717, 1.165) is 66.8 Å². The molecular formula is C38H26N2. The summed E-state index contributed by atoms with van der Waals surface area (Å²) in [5.41, 5.74) is 10.5. The summed E-state index contributed by atoms with van der Waals surface area (Å²) in [6.45, 7) is 0. The smallest absolute Gasteiger partial charge is 0.0795 e. The Labute approximate surface area is 234 Å². The van der Waals surface area contributed by atoms with Crippen molar-refractivity contribution in [1.82, 2.24) is 9.97 Å². The molecule has 2 aromatic heterocycles. The molecule has 2 heterocycles. The molecule has 0 aliphatic carbocycles. The summed E-state index contributed by atoms with van der Waals surface area (Å²) in [5.74, 6) is 0. The van der Waals surface area contributed by atoms with Crippen molar-refractivity contribution in [3.63, 3.8) is 0 Å². The first-order valence-electron chi connectivity index (χ1n) is 13.5. The molecule has 0 spiro atoms. The number of benzene rings is 5. The Hall–Kier alpha value is -5.34. The first kappa shape index (κ1) is 23.8. The van der Waals surface area contributed by atoms with Gasteiger partial charge in [0.2, 0.25) is 0 Å². The summed E-state index contributed by atoms with van der Waals surface area (Å²) in [4.78, 5) is 10.7. The fourth-order valence-electron chi connectivity index (χ4n) is 5.49. The van der Waals surface area contributed by atoms with Gasteiger partial charge in [0.1, 0.15) is 0 Å². The van der Waals surface area contributed by atoms with Gasteiger partial charge in [-0.1, -0.05) is 152 Å². The topological polar surface area (TPSA) is 25.8 Å². The van der Waals surface area contributed by atoms with Crippen molar-refractivity contribution in [2.24, 2.45) is 0 Å². The van der Waals surface area contributed by atoms with E-state index in [2.05, 4.69) is 152 Å². The van der Waals surface area contributed by atoms with Crippen LogP contribution in [0, 0.1) is 0 Å². The van der Waals surface area contributed by atoms with E-state index in [1.165, 1.54) is 0 Å². The summed E-state index contributed by atoms with van der Waals surface area (Å²) >= 11 is 0. The highest BCUT2D eigenvalue weighted by Gasteiger charge is 2.24. The molecule has 0 atom stereocenters. The Morgan fingerprint density at radius 3 is 1.23 bits per heavy atom. The lowest BCUT2D eigenvalue weighted by Crippen LogP contribution is -2.01. The van der Waals surface area contributed by atoms with E-state index in [4.69, 9.17) is 9.97 Å². The van der Waals surface area contributed by atoms with Crippen LogP contribution in [-0.4, -0.2) is 9.97 Å². The van der Waals surface area contributed by atoms with Gasteiger partial charge in [-0.15, -0.1) is 0 Å². The van der Waals surface area contributed by atoms with Crippen LogP contribution in [0.4, 0.5) is 0 Å². The van der Waals surface area contributed by atoms with E-state index in [-0.39, 0.29) is 0 Å². The minimum absolute atomic E-state index is 0.947. The zero-order valence-corrected chi connectivity index (χ0v) is 21.9. The minimum Gasteiger partial charge on any atom is -0.255 e. The molecule has 0 radical (unpaired) electrons. The van der Waals surface area contributed by atoms with Gasteiger partial charge >= 0.3 is 0 Å². The van der Waals surface area contributed by atoms with Gasteiger partial charge in [-0.2, -0.15) is 0 Å². The summed E-state index contributed by atoms with van der Waals surface area (Å²) in [5, 5.41) is 2.20. The molecule has 0 amide bonds. The van der Waals surface area contributed by atoms with Crippen LogP contribution < -0.4 is 0 Å². The lowest BCUT2D eigenvalue weighted by atomic mass is 9.87. The molecule has 5 aromatic carbocycles. The first-order chi connectivity index (χ1) is 19.9. The molecule has 0 fully saturated rings. The van der Waals surface area contributed by atoms with Crippen LogP contribution in [0.25, 0.3) is 66.8 Å². The van der Waals surface area contributed by atoms with Gasteiger partial charge < -0.3 is 0 Å². The second-order valence-corrected chi connectivity index (χ2v) is 9.78. The van der Waals surface area contributed by atoms with E-state index in [1.807, 2.05) is 6.20 Å². The molecule has 188 valence electrons. The molecular weight excluding hydrogens is 484 g/mol. The van der Waals surface area contributed by atoms with Gasteiger partial charge in [0.25, 0.3) is 0 Å². The van der Waals surface area contributed by atoms with E-state index in [0.29, 0.717) is 0 Å². The molecule has 7 rings (SSSR count). The van der Waals surface area contributed by atoms with E-state index >= 15 is 0 Å². The molecule has 0 bridgehead atoms. The summed E-state index contributed by atoms with van der Waals surface area (Å²) in [7, 11) is 0. The van der Waals surface area contributed by atoms with Crippen LogP contribution in [0.15, 0.2) is 158 Å². The summed E-state index contributed by atoms with van der Waals surface area (Å²) in [6, 6.07) is 52.6. The monoisotopic (exact) mass is 510 g/mol. The maximum absolute atomic E-state index is 5.51. The quantitative estimate of drug-likeness (QED) is 0.230. The summed E-state index contributed by atoms with van der Waals surface area (Å²) < 4.78 is 0. The molecule has 0 saturated heterocycles. The van der Waals surface area contributed by atoms with Crippen LogP contribution in [0.5, 0.6) is 0 Å². The average molecular weight is 511 g/mol. The fourth-order valence-corrected chi connectivity index (χ4v) is 5.49. The Morgan fingerprint density at radius 2 is 0.725 bits per heavy atom. The second-order valence-electron chi connectivity index (χ2n) is 9.78. The molecule has 0 aliphatic rings. The molecule has 0 saturated carbocycles. The predicted molar refractivity (Wildman–Crippen MR) is 167 cm³/mol. The molecule has 0 N–H and O–H groups in total. The van der Waals surface area contributed by atoms with Crippen LogP contribution >= 0.6 is 0 Å². The van der Waals surface area contributed by atoms with Crippen molar-refractivity contribution < 1.29 is 0 Å². The molecule has 0 unspecified atom stereocenters. The molecule has 2 nitrogen and oxygen atoms in total. The predicted octanol–water partition coefficient (Wildman–Crippen LogP) is 9.96. The lowest BCUT2D eigenvalue weighted by Gasteiger charge is -2.21. The largest absolute Gasteiger partial charge is 0.255 e. The standard InChI is InChI=1S/C38H26N2/c1-6-16-27(17-7-1)32-26-39-36(29-20-10-3-11-21-29)35-33(28-18-8-2-9-19-28)37(30-22-12-4-13-23-30)40-38(34(32)35)31-24-14-5-15-25-31/h1-26H. The van der Waals surface area contributed by atoms with Gasteiger partial charge in [-0.05, 0) is 11.1 Å². The minimum atomic E-state index is 0.947.